The van der Waals surface area contributed by atoms with Crippen molar-refractivity contribution in [2.75, 3.05) is 5.75 Å². The van der Waals surface area contributed by atoms with Gasteiger partial charge in [-0.05, 0) is 36.4 Å². The smallest absolute Gasteiger partial charge is 0.321 e. The van der Waals surface area contributed by atoms with Gasteiger partial charge >= 0.3 is 5.97 Å². The molecule has 0 aliphatic rings. The Morgan fingerprint density at radius 3 is 2.68 bits per heavy atom. The number of nitrogens with zero attached hydrogens (tertiary/aromatic N) is 2. The Bertz CT molecular complexity index is 903. The zero-order valence-corrected chi connectivity index (χ0v) is 14.7. The SMILES string of the molecule is O=C(CSc1nnc(-c2ccc(F)cc2)o1)Oc1cccc(Cl)c1Cl. The molecular weight excluding hydrogens is 390 g/mol. The van der Waals surface area contributed by atoms with Gasteiger partial charge in [0.05, 0.1) is 5.02 Å². The maximum Gasteiger partial charge on any atom is 0.321 e. The van der Waals surface area contributed by atoms with Crippen molar-refractivity contribution < 1.29 is 18.3 Å². The van der Waals surface area contributed by atoms with Crippen molar-refractivity contribution in [3.05, 3.63) is 58.3 Å². The van der Waals surface area contributed by atoms with Gasteiger partial charge in [-0.2, -0.15) is 0 Å². The molecule has 128 valence electrons. The van der Waals surface area contributed by atoms with Crippen LogP contribution in [0.4, 0.5) is 4.39 Å². The molecule has 0 bridgehead atoms. The summed E-state index contributed by atoms with van der Waals surface area (Å²) in [5.41, 5.74) is 0.578. The number of benzene rings is 2. The lowest BCUT2D eigenvalue weighted by molar-refractivity contribution is -0.131. The van der Waals surface area contributed by atoms with Gasteiger partial charge in [0.2, 0.25) is 5.89 Å². The fraction of sp³-hybridized carbons (Fsp3) is 0.0625. The van der Waals surface area contributed by atoms with Gasteiger partial charge in [-0.1, -0.05) is 41.0 Å². The zero-order chi connectivity index (χ0) is 17.8. The highest BCUT2D eigenvalue weighted by molar-refractivity contribution is 7.99. The number of hydrogen-bond acceptors (Lipinski definition) is 6. The van der Waals surface area contributed by atoms with E-state index in [2.05, 4.69) is 10.2 Å². The molecule has 0 unspecified atom stereocenters. The van der Waals surface area contributed by atoms with E-state index < -0.39 is 5.97 Å². The quantitative estimate of drug-likeness (QED) is 0.346. The number of halogens is 3. The largest absolute Gasteiger partial charge is 0.424 e. The maximum absolute atomic E-state index is 12.9. The second-order valence-electron chi connectivity index (χ2n) is 4.69. The first-order chi connectivity index (χ1) is 12.0. The van der Waals surface area contributed by atoms with Gasteiger partial charge in [0.1, 0.15) is 16.6 Å². The second kappa shape index (κ2) is 7.86. The molecule has 0 spiro atoms. The third-order valence-electron chi connectivity index (χ3n) is 2.95. The average molecular weight is 399 g/mol. The molecule has 5 nitrogen and oxygen atoms in total. The van der Waals surface area contributed by atoms with Gasteiger partial charge in [0, 0.05) is 5.56 Å². The summed E-state index contributed by atoms with van der Waals surface area (Å²) >= 11 is 12.8. The Labute approximate surface area is 156 Å². The molecule has 0 radical (unpaired) electrons. The molecule has 0 fully saturated rings. The van der Waals surface area contributed by atoms with Gasteiger partial charge in [-0.3, -0.25) is 4.79 Å². The zero-order valence-electron chi connectivity index (χ0n) is 12.4. The first-order valence-electron chi connectivity index (χ1n) is 6.90. The van der Waals surface area contributed by atoms with Crippen LogP contribution < -0.4 is 4.74 Å². The van der Waals surface area contributed by atoms with Crippen molar-refractivity contribution >= 4 is 40.9 Å². The fourth-order valence-corrected chi connectivity index (χ4v) is 2.68. The molecule has 1 aromatic heterocycles. The van der Waals surface area contributed by atoms with Gasteiger partial charge in [-0.15, -0.1) is 10.2 Å². The van der Waals surface area contributed by atoms with Crippen molar-refractivity contribution in [3.8, 4) is 17.2 Å². The van der Waals surface area contributed by atoms with Crippen LogP contribution in [-0.4, -0.2) is 21.9 Å². The minimum Gasteiger partial charge on any atom is -0.424 e. The van der Waals surface area contributed by atoms with Crippen LogP contribution in [0.2, 0.25) is 10.0 Å². The predicted molar refractivity (Wildman–Crippen MR) is 92.5 cm³/mol. The molecule has 0 aliphatic carbocycles. The molecule has 25 heavy (non-hydrogen) atoms. The molecule has 2 aromatic carbocycles. The summed E-state index contributed by atoms with van der Waals surface area (Å²) in [6.45, 7) is 0. The van der Waals surface area contributed by atoms with Crippen molar-refractivity contribution in [2.45, 2.75) is 5.22 Å². The Kier molecular flexibility index (Phi) is 5.57. The van der Waals surface area contributed by atoms with Gasteiger partial charge in [-0.25, -0.2) is 4.39 Å². The molecule has 0 saturated heterocycles. The van der Waals surface area contributed by atoms with E-state index in [1.165, 1.54) is 30.3 Å². The van der Waals surface area contributed by atoms with Crippen LogP contribution in [0.15, 0.2) is 52.1 Å². The van der Waals surface area contributed by atoms with Gasteiger partial charge in [0.25, 0.3) is 5.22 Å². The normalized spacial score (nSPS) is 10.7. The molecule has 3 rings (SSSR count). The summed E-state index contributed by atoms with van der Waals surface area (Å²) in [5, 5.41) is 8.32. The van der Waals surface area contributed by atoms with E-state index in [1.54, 1.807) is 12.1 Å². The topological polar surface area (TPSA) is 65.2 Å². The van der Waals surface area contributed by atoms with Crippen LogP contribution in [-0.2, 0) is 4.79 Å². The Morgan fingerprint density at radius 2 is 1.92 bits per heavy atom. The summed E-state index contributed by atoms with van der Waals surface area (Å²) in [6.07, 6.45) is 0. The van der Waals surface area contributed by atoms with Crippen molar-refractivity contribution in [1.82, 2.24) is 10.2 Å². The van der Waals surface area contributed by atoms with E-state index in [-0.39, 0.29) is 33.5 Å². The summed E-state index contributed by atoms with van der Waals surface area (Å²) in [6, 6.07) is 10.4. The monoisotopic (exact) mass is 398 g/mol. The number of carbonyl (C=O) groups is 1. The van der Waals surface area contributed by atoms with Crippen LogP contribution in [0.1, 0.15) is 0 Å². The Balaban J connectivity index is 1.59. The summed E-state index contributed by atoms with van der Waals surface area (Å²) in [7, 11) is 0. The lowest BCUT2D eigenvalue weighted by Crippen LogP contribution is -2.11. The lowest BCUT2D eigenvalue weighted by atomic mass is 10.2. The average Bonchev–Trinajstić information content (AvgIpc) is 3.07. The molecule has 0 amide bonds. The standard InChI is InChI=1S/C16H9Cl2FN2O3S/c17-11-2-1-3-12(14(11)18)23-13(22)8-25-16-21-20-15(24-16)9-4-6-10(19)7-5-9/h1-7H,8H2. The number of thioether (sulfide) groups is 1. The van der Waals surface area contributed by atoms with Gasteiger partial charge < -0.3 is 9.15 Å². The fourth-order valence-electron chi connectivity index (χ4n) is 1.81. The Morgan fingerprint density at radius 1 is 1.16 bits per heavy atom. The van der Waals surface area contributed by atoms with Crippen molar-refractivity contribution in [1.29, 1.82) is 0 Å². The van der Waals surface area contributed by atoms with Crippen LogP contribution >= 0.6 is 35.0 Å². The summed E-state index contributed by atoms with van der Waals surface area (Å²) in [5.74, 6) is -0.560. The number of carbonyl (C=O) groups excluding carboxylic acids is 1. The van der Waals surface area contributed by atoms with E-state index in [4.69, 9.17) is 32.4 Å². The number of rotatable bonds is 5. The van der Waals surface area contributed by atoms with Crippen LogP contribution in [0.5, 0.6) is 5.75 Å². The predicted octanol–water partition coefficient (Wildman–Crippen LogP) is 4.88. The first-order valence-corrected chi connectivity index (χ1v) is 8.64. The number of aromatic nitrogens is 2. The maximum atomic E-state index is 12.9. The minimum absolute atomic E-state index is 0.0616. The van der Waals surface area contributed by atoms with E-state index in [0.29, 0.717) is 10.6 Å². The highest BCUT2D eigenvalue weighted by Gasteiger charge is 2.14. The molecule has 0 aliphatic heterocycles. The first kappa shape index (κ1) is 17.7. The van der Waals surface area contributed by atoms with E-state index in [9.17, 15) is 9.18 Å². The van der Waals surface area contributed by atoms with Crippen molar-refractivity contribution in [2.24, 2.45) is 0 Å². The highest BCUT2D eigenvalue weighted by atomic mass is 35.5. The van der Waals surface area contributed by atoms with Crippen LogP contribution in [0.3, 0.4) is 0 Å². The van der Waals surface area contributed by atoms with Gasteiger partial charge in [0.15, 0.2) is 5.75 Å². The molecule has 9 heteroatoms. The van der Waals surface area contributed by atoms with E-state index >= 15 is 0 Å². The summed E-state index contributed by atoms with van der Waals surface area (Å²) in [4.78, 5) is 11.9. The molecule has 0 N–H and O–H groups in total. The third kappa shape index (κ3) is 4.50. The number of esters is 1. The molecule has 0 saturated carbocycles. The molecular formula is C16H9Cl2FN2O3S. The third-order valence-corrected chi connectivity index (χ3v) is 4.54. The van der Waals surface area contributed by atoms with Crippen LogP contribution in [0.25, 0.3) is 11.5 Å². The molecule has 0 atom stereocenters. The molecule has 3 aromatic rings. The second-order valence-corrected chi connectivity index (χ2v) is 6.41. The molecule has 1 heterocycles. The lowest BCUT2D eigenvalue weighted by Gasteiger charge is -2.05. The Hall–Kier alpha value is -2.09. The van der Waals surface area contributed by atoms with E-state index in [0.717, 1.165) is 11.8 Å². The van der Waals surface area contributed by atoms with Crippen LogP contribution in [0, 0.1) is 5.82 Å². The highest BCUT2D eigenvalue weighted by Crippen LogP contribution is 2.32. The number of hydrogen-bond donors (Lipinski definition) is 0. The minimum atomic E-state index is -0.546. The van der Waals surface area contributed by atoms with E-state index in [1.807, 2.05) is 0 Å². The number of ether oxygens (including phenoxy) is 1. The van der Waals surface area contributed by atoms with Crippen molar-refractivity contribution in [3.63, 3.8) is 0 Å². The summed E-state index contributed by atoms with van der Waals surface area (Å²) < 4.78 is 23.5.